The van der Waals surface area contributed by atoms with Gasteiger partial charge in [0.25, 0.3) is 5.91 Å². The van der Waals surface area contributed by atoms with Crippen molar-refractivity contribution < 1.29 is 17.9 Å². The second kappa shape index (κ2) is 9.28. The van der Waals surface area contributed by atoms with Gasteiger partial charge in [0.05, 0.1) is 18.4 Å². The third-order valence-corrected chi connectivity index (χ3v) is 6.87. The molecule has 0 atom stereocenters. The Morgan fingerprint density at radius 3 is 2.48 bits per heavy atom. The van der Waals surface area contributed by atoms with Crippen LogP contribution in [0.2, 0.25) is 0 Å². The van der Waals surface area contributed by atoms with Crippen molar-refractivity contribution in [2.24, 2.45) is 0 Å². The second-order valence-electron chi connectivity index (χ2n) is 7.00. The molecule has 0 spiro atoms. The number of aryl methyl sites for hydroxylation is 1. The van der Waals surface area contributed by atoms with E-state index in [1.54, 1.807) is 24.3 Å². The van der Waals surface area contributed by atoms with Gasteiger partial charge in [0.15, 0.2) is 0 Å². The number of nitrogens with zero attached hydrogens (tertiary/aromatic N) is 2. The van der Waals surface area contributed by atoms with Gasteiger partial charge < -0.3 is 15.0 Å². The molecule has 3 rings (SSSR count). The van der Waals surface area contributed by atoms with E-state index in [0.29, 0.717) is 37.5 Å². The predicted octanol–water partition coefficient (Wildman–Crippen LogP) is 1.89. The van der Waals surface area contributed by atoms with E-state index in [9.17, 15) is 13.2 Å². The summed E-state index contributed by atoms with van der Waals surface area (Å²) in [7, 11) is -1.94. The van der Waals surface area contributed by atoms with Gasteiger partial charge in [-0.1, -0.05) is 24.3 Å². The average molecular weight is 418 g/mol. The molecule has 0 aliphatic carbocycles. The maximum Gasteiger partial charge on any atom is 0.255 e. The highest BCUT2D eigenvalue weighted by Gasteiger charge is 2.27. The highest BCUT2D eigenvalue weighted by atomic mass is 32.2. The minimum atomic E-state index is -3.43. The number of ether oxygens (including phenoxy) is 1. The van der Waals surface area contributed by atoms with Crippen LogP contribution < -0.4 is 15.0 Å². The van der Waals surface area contributed by atoms with Crippen molar-refractivity contribution in [1.82, 2.24) is 9.62 Å². The summed E-state index contributed by atoms with van der Waals surface area (Å²) in [6.45, 7) is 4.28. The molecule has 1 N–H and O–H groups in total. The lowest BCUT2D eigenvalue weighted by atomic mass is 10.2. The van der Waals surface area contributed by atoms with Gasteiger partial charge >= 0.3 is 0 Å². The number of piperazine rings is 1. The lowest BCUT2D eigenvalue weighted by Gasteiger charge is -2.35. The zero-order chi connectivity index (χ0) is 20.9. The molecule has 1 heterocycles. The number of nitrogens with one attached hydrogen (secondary N) is 1. The average Bonchev–Trinajstić information content (AvgIpc) is 2.73. The summed E-state index contributed by atoms with van der Waals surface area (Å²) >= 11 is 0. The number of para-hydroxylation sites is 1. The summed E-state index contributed by atoms with van der Waals surface area (Å²) < 4.78 is 32.0. The third kappa shape index (κ3) is 5.27. The van der Waals surface area contributed by atoms with Gasteiger partial charge in [-0.25, -0.2) is 8.42 Å². The van der Waals surface area contributed by atoms with Gasteiger partial charge in [-0.3, -0.25) is 4.79 Å². The fourth-order valence-corrected chi connectivity index (χ4v) is 4.74. The van der Waals surface area contributed by atoms with Crippen LogP contribution in [0.3, 0.4) is 0 Å². The lowest BCUT2D eigenvalue weighted by Crippen LogP contribution is -2.50. The SMILES string of the molecule is COc1ccccc1C(=O)NCCS(=O)(=O)N1CCN(c2cccc(C)c2)CC1. The predicted molar refractivity (Wildman–Crippen MR) is 114 cm³/mol. The van der Waals surface area contributed by atoms with Gasteiger partial charge in [0.2, 0.25) is 10.0 Å². The Bertz CT molecular complexity index is 954. The molecule has 29 heavy (non-hydrogen) atoms. The Balaban J connectivity index is 1.51. The molecule has 1 saturated heterocycles. The zero-order valence-electron chi connectivity index (χ0n) is 16.8. The van der Waals surface area contributed by atoms with E-state index in [1.807, 2.05) is 25.1 Å². The first kappa shape index (κ1) is 21.1. The summed E-state index contributed by atoms with van der Waals surface area (Å²) in [4.78, 5) is 14.5. The van der Waals surface area contributed by atoms with Crippen LogP contribution in [-0.4, -0.2) is 64.2 Å². The van der Waals surface area contributed by atoms with E-state index >= 15 is 0 Å². The number of carbonyl (C=O) groups is 1. The van der Waals surface area contributed by atoms with Gasteiger partial charge in [-0.15, -0.1) is 0 Å². The van der Waals surface area contributed by atoms with E-state index in [-0.39, 0.29) is 18.2 Å². The second-order valence-corrected chi connectivity index (χ2v) is 9.09. The highest BCUT2D eigenvalue weighted by molar-refractivity contribution is 7.89. The van der Waals surface area contributed by atoms with Crippen LogP contribution in [0.5, 0.6) is 5.75 Å². The van der Waals surface area contributed by atoms with Gasteiger partial charge in [0.1, 0.15) is 5.75 Å². The van der Waals surface area contributed by atoms with Crippen LogP contribution in [0.25, 0.3) is 0 Å². The smallest absolute Gasteiger partial charge is 0.255 e. The maximum atomic E-state index is 12.7. The Labute approximate surface area is 172 Å². The Hall–Kier alpha value is -2.58. The molecule has 0 saturated carbocycles. The normalized spacial score (nSPS) is 15.2. The molecule has 1 aliphatic heterocycles. The van der Waals surface area contributed by atoms with Gasteiger partial charge in [0, 0.05) is 38.4 Å². The number of methoxy groups -OCH3 is 1. The molecule has 0 unspecified atom stereocenters. The van der Waals surface area contributed by atoms with Crippen LogP contribution >= 0.6 is 0 Å². The van der Waals surface area contributed by atoms with Crippen LogP contribution in [0.15, 0.2) is 48.5 Å². The molecular formula is C21H27N3O4S. The van der Waals surface area contributed by atoms with Crippen molar-refractivity contribution in [2.75, 3.05) is 50.5 Å². The van der Waals surface area contributed by atoms with Gasteiger partial charge in [-0.2, -0.15) is 4.31 Å². The standard InChI is InChI=1S/C21H27N3O4S/c1-17-6-5-7-18(16-17)23-11-13-24(14-12-23)29(26,27)15-10-22-21(25)19-8-3-4-9-20(19)28-2/h3-9,16H,10-15H2,1-2H3,(H,22,25). The van der Waals surface area contributed by atoms with E-state index < -0.39 is 10.0 Å². The first-order valence-electron chi connectivity index (χ1n) is 9.61. The van der Waals surface area contributed by atoms with Crippen LogP contribution in [0, 0.1) is 6.92 Å². The molecular weight excluding hydrogens is 390 g/mol. The number of amides is 1. The Morgan fingerprint density at radius 2 is 1.79 bits per heavy atom. The zero-order valence-corrected chi connectivity index (χ0v) is 17.6. The van der Waals surface area contributed by atoms with Crippen molar-refractivity contribution in [3.05, 3.63) is 59.7 Å². The van der Waals surface area contributed by atoms with E-state index in [2.05, 4.69) is 16.3 Å². The van der Waals surface area contributed by atoms with Crippen molar-refractivity contribution in [2.45, 2.75) is 6.92 Å². The number of sulfonamides is 1. The first-order chi connectivity index (χ1) is 13.9. The molecule has 1 aliphatic rings. The maximum absolute atomic E-state index is 12.7. The van der Waals surface area contributed by atoms with E-state index in [4.69, 9.17) is 4.74 Å². The number of carbonyl (C=O) groups excluding carboxylic acids is 1. The minimum Gasteiger partial charge on any atom is -0.496 e. The fraction of sp³-hybridized carbons (Fsp3) is 0.381. The minimum absolute atomic E-state index is 0.0529. The topological polar surface area (TPSA) is 78.9 Å². The monoisotopic (exact) mass is 417 g/mol. The van der Waals surface area contributed by atoms with Crippen molar-refractivity contribution in [3.63, 3.8) is 0 Å². The van der Waals surface area contributed by atoms with Crippen molar-refractivity contribution in [3.8, 4) is 5.75 Å². The van der Waals surface area contributed by atoms with Gasteiger partial charge in [-0.05, 0) is 36.8 Å². The summed E-state index contributed by atoms with van der Waals surface area (Å²) in [6.07, 6.45) is 0. The third-order valence-electron chi connectivity index (χ3n) is 5.00. The Morgan fingerprint density at radius 1 is 1.07 bits per heavy atom. The number of rotatable bonds is 7. The molecule has 0 aromatic heterocycles. The van der Waals surface area contributed by atoms with Crippen LogP contribution in [0.1, 0.15) is 15.9 Å². The largest absolute Gasteiger partial charge is 0.496 e. The molecule has 0 bridgehead atoms. The quantitative estimate of drug-likeness (QED) is 0.744. The molecule has 2 aromatic rings. The van der Waals surface area contributed by atoms with Crippen LogP contribution in [0.4, 0.5) is 5.69 Å². The number of anilines is 1. The molecule has 2 aromatic carbocycles. The van der Waals surface area contributed by atoms with Crippen molar-refractivity contribution in [1.29, 1.82) is 0 Å². The summed E-state index contributed by atoms with van der Waals surface area (Å²) in [5, 5.41) is 2.67. The summed E-state index contributed by atoms with van der Waals surface area (Å²) in [5.41, 5.74) is 2.69. The van der Waals surface area contributed by atoms with Crippen molar-refractivity contribution >= 4 is 21.6 Å². The van der Waals surface area contributed by atoms with E-state index in [0.717, 1.165) is 5.69 Å². The summed E-state index contributed by atoms with van der Waals surface area (Å²) in [6, 6.07) is 15.1. The lowest BCUT2D eigenvalue weighted by molar-refractivity contribution is 0.0953. The number of hydrogen-bond donors (Lipinski definition) is 1. The molecule has 0 radical (unpaired) electrons. The van der Waals surface area contributed by atoms with E-state index in [1.165, 1.54) is 17.0 Å². The number of hydrogen-bond acceptors (Lipinski definition) is 5. The fourth-order valence-electron chi connectivity index (χ4n) is 3.40. The molecule has 7 nitrogen and oxygen atoms in total. The highest BCUT2D eigenvalue weighted by Crippen LogP contribution is 2.19. The Kier molecular flexibility index (Phi) is 6.76. The molecule has 1 amide bonds. The summed E-state index contributed by atoms with van der Waals surface area (Å²) in [5.74, 6) is -0.0136. The molecule has 8 heteroatoms. The first-order valence-corrected chi connectivity index (χ1v) is 11.2. The number of benzene rings is 2. The van der Waals surface area contributed by atoms with Crippen LogP contribution in [-0.2, 0) is 10.0 Å². The molecule has 156 valence electrons. The molecule has 1 fully saturated rings.